The van der Waals surface area contributed by atoms with Gasteiger partial charge in [-0.25, -0.2) is 0 Å². The number of rotatable bonds is 57. The third-order valence-corrected chi connectivity index (χ3v) is 14.0. The maximum absolute atomic E-state index is 12.9. The standard InChI is InChI=1S/C62H118O6/c1-4-7-10-13-16-19-22-25-28-30-32-34-37-40-43-46-49-52-55-61(64)67-58-59(57-66-60(63)54-51-48-45-42-39-36-33-27-24-21-18-15-12-9-6-3)68-62(65)56-53-50-47-44-41-38-35-31-29-26-23-20-17-14-11-8-5-2/h26,29,59H,4-25,27-28,30-58H2,1-3H3/b29-26+/t59-/m1/s1. The first-order valence-corrected chi connectivity index (χ1v) is 30.7. The smallest absolute Gasteiger partial charge is 0.306 e. The largest absolute Gasteiger partial charge is 0.462 e. The summed E-state index contributed by atoms with van der Waals surface area (Å²) in [5.41, 5.74) is 0. The minimum atomic E-state index is -0.767. The van der Waals surface area contributed by atoms with Crippen LogP contribution in [0.5, 0.6) is 0 Å². The van der Waals surface area contributed by atoms with Crippen LogP contribution in [0.2, 0.25) is 0 Å². The lowest BCUT2D eigenvalue weighted by molar-refractivity contribution is -0.167. The number of hydrogen-bond acceptors (Lipinski definition) is 6. The molecular weight excluding hydrogens is 841 g/mol. The molecule has 402 valence electrons. The van der Waals surface area contributed by atoms with E-state index in [1.54, 1.807) is 0 Å². The third-order valence-electron chi connectivity index (χ3n) is 14.0. The van der Waals surface area contributed by atoms with Gasteiger partial charge in [0.2, 0.25) is 0 Å². The van der Waals surface area contributed by atoms with Crippen molar-refractivity contribution in [2.24, 2.45) is 0 Å². The average molecular weight is 960 g/mol. The first kappa shape index (κ1) is 66.2. The van der Waals surface area contributed by atoms with E-state index < -0.39 is 6.10 Å². The summed E-state index contributed by atoms with van der Waals surface area (Å²) in [6, 6.07) is 0. The number of ether oxygens (including phenoxy) is 3. The molecule has 6 heteroatoms. The van der Waals surface area contributed by atoms with Gasteiger partial charge in [0.05, 0.1) is 0 Å². The summed E-state index contributed by atoms with van der Waals surface area (Å²) in [7, 11) is 0. The Morgan fingerprint density at radius 1 is 0.279 bits per heavy atom. The Kier molecular flexibility index (Phi) is 56.2. The molecule has 0 rings (SSSR count). The molecule has 0 spiro atoms. The fraction of sp³-hybridized carbons (Fsp3) is 0.919. The second-order valence-corrected chi connectivity index (χ2v) is 21.0. The highest BCUT2D eigenvalue weighted by atomic mass is 16.6. The zero-order valence-electron chi connectivity index (χ0n) is 46.2. The molecule has 0 bridgehead atoms. The predicted octanol–water partition coefficient (Wildman–Crippen LogP) is 20.5. The van der Waals surface area contributed by atoms with Gasteiger partial charge in [0.1, 0.15) is 13.2 Å². The fourth-order valence-corrected chi connectivity index (χ4v) is 9.38. The van der Waals surface area contributed by atoms with Gasteiger partial charge in [-0.15, -0.1) is 0 Å². The maximum Gasteiger partial charge on any atom is 0.306 e. The lowest BCUT2D eigenvalue weighted by Gasteiger charge is -2.18. The lowest BCUT2D eigenvalue weighted by Crippen LogP contribution is -2.30. The highest BCUT2D eigenvalue weighted by molar-refractivity contribution is 5.71. The lowest BCUT2D eigenvalue weighted by atomic mass is 10.0. The molecule has 0 aliphatic heterocycles. The number of carbonyl (C=O) groups excluding carboxylic acids is 3. The normalized spacial score (nSPS) is 12.0. The van der Waals surface area contributed by atoms with Crippen molar-refractivity contribution in [2.45, 2.75) is 354 Å². The van der Waals surface area contributed by atoms with Crippen molar-refractivity contribution < 1.29 is 28.6 Å². The maximum atomic E-state index is 12.9. The summed E-state index contributed by atoms with van der Waals surface area (Å²) >= 11 is 0. The molecule has 0 aliphatic rings. The van der Waals surface area contributed by atoms with Crippen LogP contribution >= 0.6 is 0 Å². The molecule has 0 unspecified atom stereocenters. The molecule has 0 aromatic heterocycles. The van der Waals surface area contributed by atoms with Gasteiger partial charge in [-0.1, -0.05) is 296 Å². The summed E-state index contributed by atoms with van der Waals surface area (Å²) in [5.74, 6) is -0.841. The molecule has 6 nitrogen and oxygen atoms in total. The summed E-state index contributed by atoms with van der Waals surface area (Å²) in [6.07, 6.45) is 66.3. The number of allylic oxidation sites excluding steroid dienone is 2. The highest BCUT2D eigenvalue weighted by Crippen LogP contribution is 2.18. The van der Waals surface area contributed by atoms with Gasteiger partial charge in [0.25, 0.3) is 0 Å². The van der Waals surface area contributed by atoms with Crippen LogP contribution in [0.15, 0.2) is 12.2 Å². The van der Waals surface area contributed by atoms with E-state index in [2.05, 4.69) is 32.9 Å². The quantitative estimate of drug-likeness (QED) is 0.0262. The van der Waals surface area contributed by atoms with Gasteiger partial charge < -0.3 is 14.2 Å². The van der Waals surface area contributed by atoms with Gasteiger partial charge >= 0.3 is 17.9 Å². The van der Waals surface area contributed by atoms with E-state index in [1.807, 2.05) is 0 Å². The van der Waals surface area contributed by atoms with Crippen molar-refractivity contribution in [1.29, 1.82) is 0 Å². The van der Waals surface area contributed by atoms with Crippen LogP contribution in [-0.4, -0.2) is 37.2 Å². The summed E-state index contributed by atoms with van der Waals surface area (Å²) in [6.45, 7) is 6.70. The van der Waals surface area contributed by atoms with Crippen LogP contribution in [0.3, 0.4) is 0 Å². The average Bonchev–Trinajstić information content (AvgIpc) is 3.34. The topological polar surface area (TPSA) is 78.9 Å². The third kappa shape index (κ3) is 55.1. The number of esters is 3. The Morgan fingerprint density at radius 2 is 0.485 bits per heavy atom. The molecule has 68 heavy (non-hydrogen) atoms. The van der Waals surface area contributed by atoms with Gasteiger partial charge in [-0.2, -0.15) is 0 Å². The molecule has 0 radical (unpaired) electrons. The molecule has 0 N–H and O–H groups in total. The van der Waals surface area contributed by atoms with Crippen LogP contribution in [-0.2, 0) is 28.6 Å². The summed E-state index contributed by atoms with van der Waals surface area (Å²) in [4.78, 5) is 38.2. The van der Waals surface area contributed by atoms with Gasteiger partial charge in [0, 0.05) is 19.3 Å². The zero-order valence-corrected chi connectivity index (χ0v) is 46.2. The molecule has 0 heterocycles. The van der Waals surface area contributed by atoms with Crippen molar-refractivity contribution in [3.63, 3.8) is 0 Å². The summed E-state index contributed by atoms with van der Waals surface area (Å²) in [5, 5.41) is 0. The molecule has 0 aromatic carbocycles. The minimum absolute atomic E-state index is 0.0654. The number of carbonyl (C=O) groups is 3. The van der Waals surface area contributed by atoms with Gasteiger partial charge in [0.15, 0.2) is 6.10 Å². The minimum Gasteiger partial charge on any atom is -0.462 e. The Hall–Kier alpha value is -1.85. The highest BCUT2D eigenvalue weighted by Gasteiger charge is 2.19. The van der Waals surface area contributed by atoms with E-state index in [4.69, 9.17) is 14.2 Å². The van der Waals surface area contributed by atoms with Gasteiger partial charge in [-0.05, 0) is 44.9 Å². The molecule has 0 amide bonds. The molecular formula is C62H118O6. The molecule has 0 aromatic rings. The monoisotopic (exact) mass is 959 g/mol. The second-order valence-electron chi connectivity index (χ2n) is 21.0. The van der Waals surface area contributed by atoms with E-state index in [0.717, 1.165) is 57.8 Å². The van der Waals surface area contributed by atoms with E-state index in [9.17, 15) is 14.4 Å². The molecule has 1 atom stereocenters. The Morgan fingerprint density at radius 3 is 0.735 bits per heavy atom. The van der Waals surface area contributed by atoms with Crippen molar-refractivity contribution in [2.75, 3.05) is 13.2 Å². The van der Waals surface area contributed by atoms with Crippen molar-refractivity contribution >= 4 is 17.9 Å². The van der Waals surface area contributed by atoms with Crippen LogP contribution in [0, 0.1) is 0 Å². The second kappa shape index (κ2) is 57.7. The van der Waals surface area contributed by atoms with E-state index in [-0.39, 0.29) is 31.1 Å². The molecule has 0 saturated heterocycles. The van der Waals surface area contributed by atoms with E-state index in [0.29, 0.717) is 19.3 Å². The van der Waals surface area contributed by atoms with Crippen molar-refractivity contribution in [3.05, 3.63) is 12.2 Å². The Balaban J connectivity index is 4.31. The molecule has 0 aliphatic carbocycles. The van der Waals surface area contributed by atoms with Gasteiger partial charge in [-0.3, -0.25) is 14.4 Å². The molecule has 0 fully saturated rings. The number of hydrogen-bond donors (Lipinski definition) is 0. The van der Waals surface area contributed by atoms with Crippen LogP contribution < -0.4 is 0 Å². The van der Waals surface area contributed by atoms with E-state index >= 15 is 0 Å². The molecule has 0 saturated carbocycles. The number of unbranched alkanes of at least 4 members (excludes halogenated alkanes) is 44. The zero-order chi connectivity index (χ0) is 49.3. The Labute approximate surface area is 424 Å². The first-order valence-electron chi connectivity index (χ1n) is 30.7. The van der Waals surface area contributed by atoms with Crippen LogP contribution in [0.25, 0.3) is 0 Å². The first-order chi connectivity index (χ1) is 33.5. The Bertz CT molecular complexity index is 1060. The van der Waals surface area contributed by atoms with Crippen molar-refractivity contribution in [1.82, 2.24) is 0 Å². The van der Waals surface area contributed by atoms with Crippen LogP contribution in [0.4, 0.5) is 0 Å². The van der Waals surface area contributed by atoms with Crippen molar-refractivity contribution in [3.8, 4) is 0 Å². The SMILES string of the molecule is CCCCCCCC/C=C/CCCCCCCCCC(=O)O[C@H](COC(=O)CCCCCCCCCCCCCCCCC)COC(=O)CCCCCCCCCCCCCCCCCCCC. The fourth-order valence-electron chi connectivity index (χ4n) is 9.38. The van der Waals surface area contributed by atoms with E-state index in [1.165, 1.54) is 250 Å². The summed E-state index contributed by atoms with van der Waals surface area (Å²) < 4.78 is 16.9. The van der Waals surface area contributed by atoms with Crippen LogP contribution in [0.1, 0.15) is 348 Å². The predicted molar refractivity (Wildman–Crippen MR) is 293 cm³/mol.